The minimum atomic E-state index is -0.763. The van der Waals surface area contributed by atoms with E-state index in [1.165, 1.54) is 17.3 Å². The van der Waals surface area contributed by atoms with E-state index in [0.717, 1.165) is 29.9 Å². The molecule has 128 valence electrons. The van der Waals surface area contributed by atoms with Crippen LogP contribution in [0, 0.1) is 0 Å². The SMILES string of the molecule is CCC(Sc1ccc(OCCCCc2ccccc2)cc1)C(=O)O. The van der Waals surface area contributed by atoms with Gasteiger partial charge in [0, 0.05) is 4.90 Å². The number of carboxylic acid groups (broad SMARTS) is 1. The van der Waals surface area contributed by atoms with Gasteiger partial charge in [0.05, 0.1) is 6.61 Å². The predicted octanol–water partition coefficient (Wildman–Crippen LogP) is 5.04. The number of thioether (sulfide) groups is 1. The van der Waals surface area contributed by atoms with E-state index in [0.29, 0.717) is 13.0 Å². The van der Waals surface area contributed by atoms with Gasteiger partial charge in [-0.3, -0.25) is 4.79 Å². The summed E-state index contributed by atoms with van der Waals surface area (Å²) in [4.78, 5) is 12.0. The van der Waals surface area contributed by atoms with Gasteiger partial charge >= 0.3 is 5.97 Å². The van der Waals surface area contributed by atoms with Crippen molar-refractivity contribution < 1.29 is 14.6 Å². The summed E-state index contributed by atoms with van der Waals surface area (Å²) in [6.07, 6.45) is 3.81. The Bertz CT molecular complexity index is 611. The third kappa shape index (κ3) is 6.28. The lowest BCUT2D eigenvalue weighted by Crippen LogP contribution is -2.14. The van der Waals surface area contributed by atoms with Crippen LogP contribution in [0.4, 0.5) is 0 Å². The van der Waals surface area contributed by atoms with Gasteiger partial charge in [0.2, 0.25) is 0 Å². The van der Waals surface area contributed by atoms with Gasteiger partial charge in [0.25, 0.3) is 0 Å². The number of benzene rings is 2. The molecule has 24 heavy (non-hydrogen) atoms. The summed E-state index contributed by atoms with van der Waals surface area (Å²) in [6, 6.07) is 18.1. The van der Waals surface area contributed by atoms with Crippen LogP contribution in [0.5, 0.6) is 5.75 Å². The summed E-state index contributed by atoms with van der Waals surface area (Å²) in [6.45, 7) is 2.59. The first-order valence-corrected chi connectivity index (χ1v) is 9.23. The Kier molecular flexibility index (Phi) is 7.69. The van der Waals surface area contributed by atoms with Crippen LogP contribution in [0.1, 0.15) is 31.7 Å². The molecule has 0 aliphatic heterocycles. The van der Waals surface area contributed by atoms with Crippen molar-refractivity contribution in [2.75, 3.05) is 6.61 Å². The minimum Gasteiger partial charge on any atom is -0.494 e. The lowest BCUT2D eigenvalue weighted by atomic mass is 10.1. The number of aryl methyl sites for hydroxylation is 1. The fraction of sp³-hybridized carbons (Fsp3) is 0.350. The number of carboxylic acids is 1. The lowest BCUT2D eigenvalue weighted by Gasteiger charge is -2.10. The van der Waals surface area contributed by atoms with Gasteiger partial charge in [-0.2, -0.15) is 0 Å². The molecule has 1 unspecified atom stereocenters. The van der Waals surface area contributed by atoms with Crippen LogP contribution in [0.2, 0.25) is 0 Å². The first-order valence-electron chi connectivity index (χ1n) is 8.35. The molecule has 3 nitrogen and oxygen atoms in total. The Morgan fingerprint density at radius 2 is 1.79 bits per heavy atom. The number of ether oxygens (including phenoxy) is 1. The number of unbranched alkanes of at least 4 members (excludes halogenated alkanes) is 1. The fourth-order valence-corrected chi connectivity index (χ4v) is 3.24. The normalized spacial score (nSPS) is 11.9. The molecule has 0 amide bonds. The van der Waals surface area contributed by atoms with Crippen molar-refractivity contribution in [2.24, 2.45) is 0 Å². The molecule has 0 saturated heterocycles. The van der Waals surface area contributed by atoms with Crippen LogP contribution in [-0.2, 0) is 11.2 Å². The molecule has 0 heterocycles. The third-order valence-electron chi connectivity index (χ3n) is 3.72. The predicted molar refractivity (Wildman–Crippen MR) is 98.9 cm³/mol. The molecule has 0 saturated carbocycles. The highest BCUT2D eigenvalue weighted by Gasteiger charge is 2.16. The molecule has 1 atom stereocenters. The Hall–Kier alpha value is -1.94. The zero-order chi connectivity index (χ0) is 17.2. The van der Waals surface area contributed by atoms with Gasteiger partial charge in [-0.25, -0.2) is 0 Å². The first kappa shape index (κ1) is 18.4. The molecule has 0 spiro atoms. The van der Waals surface area contributed by atoms with Gasteiger partial charge in [-0.05, 0) is 55.5 Å². The zero-order valence-electron chi connectivity index (χ0n) is 14.0. The quantitative estimate of drug-likeness (QED) is 0.484. The van der Waals surface area contributed by atoms with E-state index in [4.69, 9.17) is 9.84 Å². The fourth-order valence-electron chi connectivity index (χ4n) is 2.35. The average molecular weight is 344 g/mol. The molecular formula is C20H24O3S. The highest BCUT2D eigenvalue weighted by molar-refractivity contribution is 8.00. The zero-order valence-corrected chi connectivity index (χ0v) is 14.8. The summed E-state index contributed by atoms with van der Waals surface area (Å²) in [5.41, 5.74) is 1.36. The Morgan fingerprint density at radius 3 is 2.42 bits per heavy atom. The number of carbonyl (C=O) groups is 1. The largest absolute Gasteiger partial charge is 0.494 e. The number of aliphatic carboxylic acids is 1. The molecule has 2 aromatic rings. The van der Waals surface area contributed by atoms with E-state index in [1.807, 2.05) is 37.3 Å². The van der Waals surface area contributed by atoms with E-state index < -0.39 is 11.2 Å². The van der Waals surface area contributed by atoms with E-state index >= 15 is 0 Å². The molecule has 0 radical (unpaired) electrons. The van der Waals surface area contributed by atoms with Gasteiger partial charge in [0.15, 0.2) is 0 Å². The molecule has 4 heteroatoms. The molecule has 2 rings (SSSR count). The third-order valence-corrected chi connectivity index (χ3v) is 5.08. The van der Waals surface area contributed by atoms with Gasteiger partial charge in [-0.15, -0.1) is 11.8 Å². The number of hydrogen-bond acceptors (Lipinski definition) is 3. The van der Waals surface area contributed by atoms with Gasteiger partial charge < -0.3 is 9.84 Å². The molecule has 0 aromatic heterocycles. The van der Waals surface area contributed by atoms with Crippen molar-refractivity contribution in [2.45, 2.75) is 42.8 Å². The maximum absolute atomic E-state index is 11.1. The van der Waals surface area contributed by atoms with Gasteiger partial charge in [-0.1, -0.05) is 37.3 Å². The molecular weight excluding hydrogens is 320 g/mol. The van der Waals surface area contributed by atoms with E-state index in [9.17, 15) is 4.79 Å². The van der Waals surface area contributed by atoms with Crippen molar-refractivity contribution in [3.63, 3.8) is 0 Å². The topological polar surface area (TPSA) is 46.5 Å². The van der Waals surface area contributed by atoms with Crippen molar-refractivity contribution >= 4 is 17.7 Å². The second-order valence-electron chi connectivity index (χ2n) is 5.62. The molecule has 0 aliphatic carbocycles. The van der Waals surface area contributed by atoms with Gasteiger partial charge in [0.1, 0.15) is 11.0 Å². The van der Waals surface area contributed by atoms with Crippen molar-refractivity contribution in [3.8, 4) is 5.75 Å². The van der Waals surface area contributed by atoms with Crippen LogP contribution in [0.3, 0.4) is 0 Å². The molecule has 0 fully saturated rings. The number of rotatable bonds is 10. The molecule has 0 aliphatic rings. The van der Waals surface area contributed by atoms with E-state index in [-0.39, 0.29) is 0 Å². The highest BCUT2D eigenvalue weighted by Crippen LogP contribution is 2.27. The summed E-state index contributed by atoms with van der Waals surface area (Å²) in [7, 11) is 0. The maximum Gasteiger partial charge on any atom is 0.316 e. The molecule has 1 N–H and O–H groups in total. The van der Waals surface area contributed by atoms with Crippen LogP contribution < -0.4 is 4.74 Å². The Morgan fingerprint density at radius 1 is 1.08 bits per heavy atom. The highest BCUT2D eigenvalue weighted by atomic mass is 32.2. The minimum absolute atomic E-state index is 0.394. The summed E-state index contributed by atoms with van der Waals surface area (Å²) in [5.74, 6) is 0.0728. The monoisotopic (exact) mass is 344 g/mol. The van der Waals surface area contributed by atoms with Crippen molar-refractivity contribution in [1.29, 1.82) is 0 Å². The van der Waals surface area contributed by atoms with Crippen molar-refractivity contribution in [1.82, 2.24) is 0 Å². The standard InChI is InChI=1S/C20H24O3S/c1-2-19(20(21)22)24-18-13-11-17(12-14-18)23-15-7-6-10-16-8-4-3-5-9-16/h3-5,8-9,11-14,19H,2,6-7,10,15H2,1H3,(H,21,22). The van der Waals surface area contributed by atoms with E-state index in [1.54, 1.807) is 0 Å². The lowest BCUT2D eigenvalue weighted by molar-refractivity contribution is -0.136. The smallest absolute Gasteiger partial charge is 0.316 e. The summed E-state index contributed by atoms with van der Waals surface area (Å²) >= 11 is 1.38. The molecule has 2 aromatic carbocycles. The van der Waals surface area contributed by atoms with Crippen LogP contribution in [0.25, 0.3) is 0 Å². The number of hydrogen-bond donors (Lipinski definition) is 1. The average Bonchev–Trinajstić information content (AvgIpc) is 2.61. The van der Waals surface area contributed by atoms with Crippen molar-refractivity contribution in [3.05, 3.63) is 60.2 Å². The van der Waals surface area contributed by atoms with Crippen LogP contribution in [0.15, 0.2) is 59.5 Å². The van der Waals surface area contributed by atoms with Crippen LogP contribution in [-0.4, -0.2) is 22.9 Å². The Balaban J connectivity index is 1.69. The second kappa shape index (κ2) is 10.0. The first-order chi connectivity index (χ1) is 11.7. The summed E-state index contributed by atoms with van der Waals surface area (Å²) in [5, 5.41) is 8.70. The van der Waals surface area contributed by atoms with E-state index in [2.05, 4.69) is 24.3 Å². The summed E-state index contributed by atoms with van der Waals surface area (Å²) < 4.78 is 5.75. The van der Waals surface area contributed by atoms with Crippen LogP contribution >= 0.6 is 11.8 Å². The second-order valence-corrected chi connectivity index (χ2v) is 6.89. The maximum atomic E-state index is 11.1. The Labute approximate surface area is 148 Å². The molecule has 0 bridgehead atoms.